The molecule has 0 fully saturated rings. The molecule has 0 bridgehead atoms. The van der Waals surface area contributed by atoms with E-state index < -0.39 is 30.5 Å². The first kappa shape index (κ1) is 18.8. The molecular formula is C16H14F3NO4S. The zero-order valence-electron chi connectivity index (χ0n) is 12.7. The molecule has 1 atom stereocenters. The largest absolute Gasteiger partial charge is 0.573 e. The van der Waals surface area contributed by atoms with Crippen molar-refractivity contribution in [1.29, 1.82) is 0 Å². The van der Waals surface area contributed by atoms with Crippen LogP contribution in [-0.4, -0.2) is 23.3 Å². The molecule has 0 radical (unpaired) electrons. The van der Waals surface area contributed by atoms with Crippen LogP contribution in [0, 0.1) is 0 Å². The van der Waals surface area contributed by atoms with Gasteiger partial charge in [-0.1, -0.05) is 12.1 Å². The number of benzene rings is 1. The molecule has 1 unspecified atom stereocenters. The van der Waals surface area contributed by atoms with E-state index in [1.807, 2.05) is 5.38 Å². The van der Waals surface area contributed by atoms with Gasteiger partial charge in [0.2, 0.25) is 5.91 Å². The van der Waals surface area contributed by atoms with Gasteiger partial charge in [-0.25, -0.2) is 0 Å². The molecule has 0 aliphatic carbocycles. The maximum absolute atomic E-state index is 12.2. The highest BCUT2D eigenvalue weighted by Gasteiger charge is 2.31. The predicted octanol–water partition coefficient (Wildman–Crippen LogP) is 3.52. The van der Waals surface area contributed by atoms with Gasteiger partial charge in [0.15, 0.2) is 0 Å². The van der Waals surface area contributed by atoms with Crippen LogP contribution in [0.1, 0.15) is 23.6 Å². The Morgan fingerprint density at radius 1 is 1.20 bits per heavy atom. The fraction of sp³-hybridized carbons (Fsp3) is 0.250. The molecule has 1 amide bonds. The van der Waals surface area contributed by atoms with Crippen molar-refractivity contribution in [2.24, 2.45) is 0 Å². The van der Waals surface area contributed by atoms with Crippen LogP contribution in [-0.2, 0) is 16.0 Å². The monoisotopic (exact) mass is 373 g/mol. The van der Waals surface area contributed by atoms with Gasteiger partial charge < -0.3 is 15.2 Å². The molecule has 9 heteroatoms. The Hall–Kier alpha value is -2.55. The highest BCUT2D eigenvalue weighted by Crippen LogP contribution is 2.25. The number of carboxylic acids is 1. The van der Waals surface area contributed by atoms with E-state index >= 15 is 0 Å². The van der Waals surface area contributed by atoms with E-state index in [9.17, 15) is 22.8 Å². The van der Waals surface area contributed by atoms with Crippen molar-refractivity contribution >= 4 is 23.2 Å². The second kappa shape index (κ2) is 8.02. The number of amides is 1. The Morgan fingerprint density at radius 3 is 2.40 bits per heavy atom. The maximum Gasteiger partial charge on any atom is 0.573 e. The van der Waals surface area contributed by atoms with Gasteiger partial charge in [0.25, 0.3) is 0 Å². The maximum atomic E-state index is 12.2. The Labute approximate surface area is 145 Å². The fourth-order valence-corrected chi connectivity index (χ4v) is 2.82. The van der Waals surface area contributed by atoms with Crippen LogP contribution in [0.15, 0.2) is 41.1 Å². The second-order valence-corrected chi connectivity index (χ2v) is 5.92. The lowest BCUT2D eigenvalue weighted by molar-refractivity contribution is -0.274. The van der Waals surface area contributed by atoms with Crippen LogP contribution in [0.3, 0.4) is 0 Å². The summed E-state index contributed by atoms with van der Waals surface area (Å²) in [7, 11) is 0. The van der Waals surface area contributed by atoms with Gasteiger partial charge in [0.1, 0.15) is 5.75 Å². The zero-order valence-corrected chi connectivity index (χ0v) is 13.6. The minimum Gasteiger partial charge on any atom is -0.481 e. The number of hydrogen-bond donors (Lipinski definition) is 2. The third kappa shape index (κ3) is 6.46. The number of hydrogen-bond acceptors (Lipinski definition) is 4. The highest BCUT2D eigenvalue weighted by molar-refractivity contribution is 7.08. The molecule has 0 saturated carbocycles. The predicted molar refractivity (Wildman–Crippen MR) is 84.3 cm³/mol. The van der Waals surface area contributed by atoms with Gasteiger partial charge in [-0.05, 0) is 40.1 Å². The zero-order chi connectivity index (χ0) is 18.4. The van der Waals surface area contributed by atoms with E-state index in [4.69, 9.17) is 5.11 Å². The summed E-state index contributed by atoms with van der Waals surface area (Å²) in [6.45, 7) is 0. The van der Waals surface area contributed by atoms with Crippen LogP contribution >= 0.6 is 11.3 Å². The van der Waals surface area contributed by atoms with E-state index in [1.165, 1.54) is 23.5 Å². The number of rotatable bonds is 7. The number of carbonyl (C=O) groups excluding carboxylic acids is 1. The van der Waals surface area contributed by atoms with Gasteiger partial charge in [0, 0.05) is 0 Å². The first-order valence-corrected chi connectivity index (χ1v) is 8.05. The molecule has 0 aliphatic heterocycles. The summed E-state index contributed by atoms with van der Waals surface area (Å²) in [5.74, 6) is -1.94. The van der Waals surface area contributed by atoms with Gasteiger partial charge in [-0.15, -0.1) is 13.2 Å². The van der Waals surface area contributed by atoms with Crippen LogP contribution in [0.4, 0.5) is 13.2 Å². The average molecular weight is 373 g/mol. The summed E-state index contributed by atoms with van der Waals surface area (Å²) < 4.78 is 40.3. The van der Waals surface area contributed by atoms with Crippen LogP contribution in [0.5, 0.6) is 5.75 Å². The summed E-state index contributed by atoms with van der Waals surface area (Å²) in [6, 6.07) is 5.65. The van der Waals surface area contributed by atoms with Gasteiger partial charge >= 0.3 is 12.3 Å². The van der Waals surface area contributed by atoms with Crippen molar-refractivity contribution in [3.05, 3.63) is 52.2 Å². The smallest absolute Gasteiger partial charge is 0.481 e. The van der Waals surface area contributed by atoms with Gasteiger partial charge in [-0.2, -0.15) is 11.3 Å². The molecule has 2 aromatic rings. The Morgan fingerprint density at radius 2 is 1.88 bits per heavy atom. The molecular weight excluding hydrogens is 359 g/mol. The summed E-state index contributed by atoms with van der Waals surface area (Å²) in [6.07, 6.45) is -5.11. The quantitative estimate of drug-likeness (QED) is 0.779. The van der Waals surface area contributed by atoms with Crippen molar-refractivity contribution in [1.82, 2.24) is 5.32 Å². The number of thiophene rings is 1. The van der Waals surface area contributed by atoms with Crippen molar-refractivity contribution in [2.45, 2.75) is 25.2 Å². The number of ether oxygens (including phenoxy) is 1. The van der Waals surface area contributed by atoms with E-state index in [0.717, 1.165) is 17.7 Å². The molecule has 0 spiro atoms. The minimum atomic E-state index is -4.81. The van der Waals surface area contributed by atoms with E-state index in [0.29, 0.717) is 5.56 Å². The fourth-order valence-electron chi connectivity index (χ4n) is 2.15. The third-order valence-electron chi connectivity index (χ3n) is 3.17. The molecule has 2 N–H and O–H groups in total. The lowest BCUT2D eigenvalue weighted by Gasteiger charge is -2.18. The van der Waals surface area contributed by atoms with E-state index in [2.05, 4.69) is 10.1 Å². The van der Waals surface area contributed by atoms with Crippen LogP contribution in [0.2, 0.25) is 0 Å². The molecule has 134 valence electrons. The molecule has 1 aromatic carbocycles. The first-order chi connectivity index (χ1) is 11.7. The lowest BCUT2D eigenvalue weighted by Crippen LogP contribution is -2.31. The Kier molecular flexibility index (Phi) is 6.02. The molecule has 0 saturated heterocycles. The molecule has 1 aromatic heterocycles. The van der Waals surface area contributed by atoms with E-state index in [-0.39, 0.29) is 12.3 Å². The van der Waals surface area contributed by atoms with Crippen molar-refractivity contribution < 1.29 is 32.6 Å². The lowest BCUT2D eigenvalue weighted by atomic mass is 10.0. The summed E-state index contributed by atoms with van der Waals surface area (Å²) in [5.41, 5.74) is 1.17. The standard InChI is InChI=1S/C16H14F3NO4S/c17-16(18,19)24-12-3-1-11(2-4-12)13(8-15(22)23)20-14(21)7-10-5-6-25-9-10/h1-6,9,13H,7-8H2,(H,20,21)(H,22,23). The number of alkyl halides is 3. The van der Waals surface area contributed by atoms with E-state index in [1.54, 1.807) is 11.4 Å². The SMILES string of the molecule is O=C(O)CC(NC(=O)Cc1ccsc1)c1ccc(OC(F)(F)F)cc1. The molecule has 0 aliphatic rings. The molecule has 5 nitrogen and oxygen atoms in total. The normalized spacial score (nSPS) is 12.4. The Bertz CT molecular complexity index is 714. The van der Waals surface area contributed by atoms with Gasteiger partial charge in [0.05, 0.1) is 18.9 Å². The van der Waals surface area contributed by atoms with Crippen molar-refractivity contribution in [3.63, 3.8) is 0 Å². The first-order valence-electron chi connectivity index (χ1n) is 7.11. The van der Waals surface area contributed by atoms with Gasteiger partial charge in [-0.3, -0.25) is 9.59 Å². The highest BCUT2D eigenvalue weighted by atomic mass is 32.1. The molecule has 1 heterocycles. The van der Waals surface area contributed by atoms with Crippen molar-refractivity contribution in [2.75, 3.05) is 0 Å². The van der Waals surface area contributed by atoms with Crippen LogP contribution in [0.25, 0.3) is 0 Å². The molecule has 2 rings (SSSR count). The Balaban J connectivity index is 2.08. The van der Waals surface area contributed by atoms with Crippen molar-refractivity contribution in [3.8, 4) is 5.75 Å². The number of nitrogens with one attached hydrogen (secondary N) is 1. The number of carboxylic acid groups (broad SMARTS) is 1. The third-order valence-corrected chi connectivity index (χ3v) is 3.91. The number of halogens is 3. The summed E-state index contributed by atoms with van der Waals surface area (Å²) >= 11 is 1.43. The minimum absolute atomic E-state index is 0.0922. The summed E-state index contributed by atoms with van der Waals surface area (Å²) in [5, 5.41) is 15.2. The summed E-state index contributed by atoms with van der Waals surface area (Å²) in [4.78, 5) is 23.1. The number of aliphatic carboxylic acids is 1. The topological polar surface area (TPSA) is 75.6 Å². The molecule has 25 heavy (non-hydrogen) atoms. The second-order valence-electron chi connectivity index (χ2n) is 5.14. The number of carbonyl (C=O) groups is 2. The average Bonchev–Trinajstić information content (AvgIpc) is 2.98. The van der Waals surface area contributed by atoms with Crippen LogP contribution < -0.4 is 10.1 Å².